The number of carbonyl (C=O) groups excluding carboxylic acids is 1. The summed E-state index contributed by atoms with van der Waals surface area (Å²) in [5.41, 5.74) is 8.40. The molecule has 0 aliphatic heterocycles. The van der Waals surface area contributed by atoms with Gasteiger partial charge in [-0.15, -0.1) is 0 Å². The number of anilines is 3. The number of nitrogens with one attached hydrogen (secondary N) is 2. The first kappa shape index (κ1) is 18.4. The van der Waals surface area contributed by atoms with Crippen molar-refractivity contribution in [3.05, 3.63) is 48.0 Å². The number of methoxy groups -OCH3 is 1. The SMILES string of the molecule is COc1ccc(NC(=O)OC(C)(C)C)c(NCc2ccccc2N)c1. The van der Waals surface area contributed by atoms with Crippen LogP contribution in [0.2, 0.25) is 0 Å². The van der Waals surface area contributed by atoms with Crippen LogP contribution in [0.1, 0.15) is 26.3 Å². The predicted octanol–water partition coefficient (Wildman–Crippen LogP) is 4.24. The molecule has 4 N–H and O–H groups in total. The molecule has 6 heteroatoms. The highest BCUT2D eigenvalue weighted by molar-refractivity contribution is 5.90. The maximum Gasteiger partial charge on any atom is 0.412 e. The minimum atomic E-state index is -0.567. The van der Waals surface area contributed by atoms with Crippen molar-refractivity contribution < 1.29 is 14.3 Å². The number of nitrogens with two attached hydrogens (primary N) is 1. The van der Waals surface area contributed by atoms with Crippen molar-refractivity contribution in [3.8, 4) is 5.75 Å². The Hall–Kier alpha value is -2.89. The van der Waals surface area contributed by atoms with Crippen molar-refractivity contribution in [3.63, 3.8) is 0 Å². The summed E-state index contributed by atoms with van der Waals surface area (Å²) in [7, 11) is 1.59. The van der Waals surface area contributed by atoms with Crippen LogP contribution in [0.5, 0.6) is 5.75 Å². The molecule has 0 unspecified atom stereocenters. The van der Waals surface area contributed by atoms with Gasteiger partial charge in [-0.3, -0.25) is 5.32 Å². The van der Waals surface area contributed by atoms with E-state index >= 15 is 0 Å². The van der Waals surface area contributed by atoms with Crippen molar-refractivity contribution in [1.82, 2.24) is 0 Å². The van der Waals surface area contributed by atoms with Gasteiger partial charge >= 0.3 is 6.09 Å². The Kier molecular flexibility index (Phi) is 5.75. The lowest BCUT2D eigenvalue weighted by molar-refractivity contribution is 0.0636. The third kappa shape index (κ3) is 5.60. The van der Waals surface area contributed by atoms with E-state index in [0.29, 0.717) is 29.4 Å². The van der Waals surface area contributed by atoms with E-state index in [1.54, 1.807) is 19.2 Å². The number of hydrogen-bond donors (Lipinski definition) is 3. The number of benzene rings is 2. The summed E-state index contributed by atoms with van der Waals surface area (Å²) in [4.78, 5) is 12.1. The van der Waals surface area contributed by atoms with Gasteiger partial charge in [-0.1, -0.05) is 18.2 Å². The molecule has 0 aliphatic rings. The third-order valence-electron chi connectivity index (χ3n) is 3.39. The fourth-order valence-electron chi connectivity index (χ4n) is 2.20. The van der Waals surface area contributed by atoms with Gasteiger partial charge in [0.25, 0.3) is 0 Å². The largest absolute Gasteiger partial charge is 0.497 e. The average Bonchev–Trinajstić information content (AvgIpc) is 2.53. The van der Waals surface area contributed by atoms with E-state index in [-0.39, 0.29) is 0 Å². The van der Waals surface area contributed by atoms with Gasteiger partial charge < -0.3 is 20.5 Å². The highest BCUT2D eigenvalue weighted by atomic mass is 16.6. The molecule has 1 amide bonds. The Labute approximate surface area is 148 Å². The van der Waals surface area contributed by atoms with Crippen molar-refractivity contribution in [2.24, 2.45) is 0 Å². The van der Waals surface area contributed by atoms with Crippen LogP contribution in [0.4, 0.5) is 21.9 Å². The number of hydrogen-bond acceptors (Lipinski definition) is 5. The molecule has 0 fully saturated rings. The molecule has 0 saturated heterocycles. The Balaban J connectivity index is 2.17. The number of amides is 1. The smallest absolute Gasteiger partial charge is 0.412 e. The summed E-state index contributed by atoms with van der Waals surface area (Å²) in [6.45, 7) is 5.97. The Morgan fingerprint density at radius 2 is 1.84 bits per heavy atom. The molecule has 0 heterocycles. The fraction of sp³-hybridized carbons (Fsp3) is 0.316. The Morgan fingerprint density at radius 1 is 1.12 bits per heavy atom. The zero-order valence-electron chi connectivity index (χ0n) is 15.1. The summed E-state index contributed by atoms with van der Waals surface area (Å²) >= 11 is 0. The van der Waals surface area contributed by atoms with Crippen LogP contribution in [0.3, 0.4) is 0 Å². The molecule has 0 aliphatic carbocycles. The monoisotopic (exact) mass is 343 g/mol. The van der Waals surface area contributed by atoms with Gasteiger partial charge in [0.1, 0.15) is 11.4 Å². The fourth-order valence-corrected chi connectivity index (χ4v) is 2.20. The first-order valence-corrected chi connectivity index (χ1v) is 8.04. The average molecular weight is 343 g/mol. The highest BCUT2D eigenvalue weighted by Gasteiger charge is 2.17. The maximum absolute atomic E-state index is 12.1. The Morgan fingerprint density at radius 3 is 2.48 bits per heavy atom. The number of nitrogen functional groups attached to an aromatic ring is 1. The van der Waals surface area contributed by atoms with Crippen molar-refractivity contribution in [1.29, 1.82) is 0 Å². The van der Waals surface area contributed by atoms with Crippen LogP contribution in [-0.4, -0.2) is 18.8 Å². The molecular formula is C19H25N3O3. The summed E-state index contributed by atoms with van der Waals surface area (Å²) < 4.78 is 10.6. The molecule has 0 spiro atoms. The van der Waals surface area contributed by atoms with Gasteiger partial charge in [0, 0.05) is 18.3 Å². The summed E-state index contributed by atoms with van der Waals surface area (Å²) in [5.74, 6) is 0.679. The molecule has 0 bridgehead atoms. The minimum Gasteiger partial charge on any atom is -0.497 e. The number of carbonyl (C=O) groups is 1. The lowest BCUT2D eigenvalue weighted by Gasteiger charge is -2.21. The van der Waals surface area contributed by atoms with E-state index in [1.165, 1.54) is 0 Å². The van der Waals surface area contributed by atoms with E-state index in [2.05, 4.69) is 10.6 Å². The summed E-state index contributed by atoms with van der Waals surface area (Å²) in [5, 5.41) is 6.04. The Bertz CT molecular complexity index is 739. The van der Waals surface area contributed by atoms with Gasteiger partial charge in [-0.25, -0.2) is 4.79 Å². The van der Waals surface area contributed by atoms with E-state index < -0.39 is 11.7 Å². The number of rotatable bonds is 5. The van der Waals surface area contributed by atoms with Crippen molar-refractivity contribution in [2.75, 3.05) is 23.5 Å². The van der Waals surface area contributed by atoms with Gasteiger partial charge in [0.05, 0.1) is 18.5 Å². The lowest BCUT2D eigenvalue weighted by Crippen LogP contribution is -2.27. The van der Waals surface area contributed by atoms with Crippen LogP contribution < -0.4 is 21.1 Å². The zero-order valence-corrected chi connectivity index (χ0v) is 15.1. The molecule has 2 aromatic carbocycles. The summed E-state index contributed by atoms with van der Waals surface area (Å²) in [6, 6.07) is 13.0. The molecule has 0 radical (unpaired) electrons. The molecule has 25 heavy (non-hydrogen) atoms. The van der Waals surface area contributed by atoms with E-state index in [9.17, 15) is 4.79 Å². The molecule has 0 aromatic heterocycles. The number of ether oxygens (including phenoxy) is 2. The van der Waals surface area contributed by atoms with Crippen LogP contribution in [0.15, 0.2) is 42.5 Å². The number of para-hydroxylation sites is 1. The van der Waals surface area contributed by atoms with Crippen LogP contribution in [0.25, 0.3) is 0 Å². The molecular weight excluding hydrogens is 318 g/mol. The lowest BCUT2D eigenvalue weighted by atomic mass is 10.1. The third-order valence-corrected chi connectivity index (χ3v) is 3.39. The standard InChI is InChI=1S/C19H25N3O3/c1-19(2,3)25-18(23)22-16-10-9-14(24-4)11-17(16)21-12-13-7-5-6-8-15(13)20/h5-11,21H,12,20H2,1-4H3,(H,22,23). The van der Waals surface area contributed by atoms with Crippen molar-refractivity contribution in [2.45, 2.75) is 32.9 Å². The molecule has 134 valence electrons. The molecule has 2 rings (SSSR count). The first-order valence-electron chi connectivity index (χ1n) is 8.04. The topological polar surface area (TPSA) is 85.6 Å². The zero-order chi connectivity index (χ0) is 18.4. The second-order valence-corrected chi connectivity index (χ2v) is 6.59. The van der Waals surface area contributed by atoms with E-state index in [1.807, 2.05) is 51.1 Å². The molecule has 6 nitrogen and oxygen atoms in total. The van der Waals surface area contributed by atoms with Gasteiger partial charge in [-0.05, 0) is 44.5 Å². The second-order valence-electron chi connectivity index (χ2n) is 6.59. The summed E-state index contributed by atoms with van der Waals surface area (Å²) in [6.07, 6.45) is -0.514. The molecule has 0 saturated carbocycles. The van der Waals surface area contributed by atoms with Gasteiger partial charge in [0.15, 0.2) is 0 Å². The van der Waals surface area contributed by atoms with Crippen LogP contribution in [0, 0.1) is 0 Å². The van der Waals surface area contributed by atoms with Gasteiger partial charge in [0.2, 0.25) is 0 Å². The normalized spacial score (nSPS) is 10.9. The first-order chi connectivity index (χ1) is 11.8. The highest BCUT2D eigenvalue weighted by Crippen LogP contribution is 2.28. The quantitative estimate of drug-likeness (QED) is 0.707. The maximum atomic E-state index is 12.1. The molecule has 2 aromatic rings. The van der Waals surface area contributed by atoms with E-state index in [4.69, 9.17) is 15.2 Å². The van der Waals surface area contributed by atoms with Crippen LogP contribution >= 0.6 is 0 Å². The van der Waals surface area contributed by atoms with E-state index in [0.717, 1.165) is 5.56 Å². The van der Waals surface area contributed by atoms with Gasteiger partial charge in [-0.2, -0.15) is 0 Å². The molecule has 0 atom stereocenters. The minimum absolute atomic E-state index is 0.514. The predicted molar refractivity (Wildman–Crippen MR) is 101 cm³/mol. The van der Waals surface area contributed by atoms with Crippen LogP contribution in [-0.2, 0) is 11.3 Å². The second kappa shape index (κ2) is 7.79. The van der Waals surface area contributed by atoms with Crippen molar-refractivity contribution >= 4 is 23.2 Å².